The van der Waals surface area contributed by atoms with E-state index in [1.165, 1.54) is 0 Å². The number of rotatable bonds is 3. The van der Waals surface area contributed by atoms with Gasteiger partial charge in [-0.1, -0.05) is 17.7 Å². The van der Waals surface area contributed by atoms with E-state index in [1.807, 2.05) is 38.1 Å². The molecule has 1 aromatic rings. The lowest BCUT2D eigenvalue weighted by molar-refractivity contribution is 0.0951. The van der Waals surface area contributed by atoms with Crippen molar-refractivity contribution in [3.05, 3.63) is 35.4 Å². The van der Waals surface area contributed by atoms with Crippen molar-refractivity contribution in [1.29, 1.82) is 0 Å². The molecule has 3 heteroatoms. The Hall–Kier alpha value is -1.35. The third kappa shape index (κ3) is 3.18. The second-order valence-corrected chi connectivity index (χ2v) is 3.55. The molecule has 0 heterocycles. The van der Waals surface area contributed by atoms with E-state index in [2.05, 4.69) is 5.32 Å². The van der Waals surface area contributed by atoms with Crippen LogP contribution >= 0.6 is 0 Å². The molecule has 0 saturated carbocycles. The molecule has 1 amide bonds. The van der Waals surface area contributed by atoms with Crippen molar-refractivity contribution < 1.29 is 4.79 Å². The van der Waals surface area contributed by atoms with Crippen LogP contribution in [0.15, 0.2) is 24.3 Å². The van der Waals surface area contributed by atoms with Gasteiger partial charge in [-0.2, -0.15) is 0 Å². The Morgan fingerprint density at radius 2 is 2.00 bits per heavy atom. The van der Waals surface area contributed by atoms with Gasteiger partial charge >= 0.3 is 0 Å². The zero-order valence-corrected chi connectivity index (χ0v) is 8.58. The van der Waals surface area contributed by atoms with Crippen LogP contribution in [0.3, 0.4) is 0 Å². The van der Waals surface area contributed by atoms with E-state index >= 15 is 0 Å². The number of hydrogen-bond donors (Lipinski definition) is 2. The molecule has 76 valence electrons. The normalized spacial score (nSPS) is 12.2. The molecule has 0 fully saturated rings. The van der Waals surface area contributed by atoms with Gasteiger partial charge < -0.3 is 11.1 Å². The van der Waals surface area contributed by atoms with Gasteiger partial charge in [0.25, 0.3) is 5.91 Å². The lowest BCUT2D eigenvalue weighted by atomic mass is 10.1. The highest BCUT2D eigenvalue weighted by atomic mass is 16.1. The molecule has 1 rings (SSSR count). The number of aryl methyl sites for hydroxylation is 1. The number of benzene rings is 1. The maximum Gasteiger partial charge on any atom is 0.251 e. The van der Waals surface area contributed by atoms with Gasteiger partial charge in [-0.05, 0) is 26.0 Å². The van der Waals surface area contributed by atoms with Crippen molar-refractivity contribution in [3.63, 3.8) is 0 Å². The number of carbonyl (C=O) groups is 1. The van der Waals surface area contributed by atoms with Crippen LogP contribution in [-0.4, -0.2) is 18.5 Å². The van der Waals surface area contributed by atoms with Gasteiger partial charge in [-0.15, -0.1) is 0 Å². The zero-order chi connectivity index (χ0) is 10.6. The lowest BCUT2D eigenvalue weighted by Crippen LogP contribution is -2.35. The van der Waals surface area contributed by atoms with Crippen LogP contribution in [0.5, 0.6) is 0 Å². The molecule has 0 spiro atoms. The molecular formula is C11H16N2O. The smallest absolute Gasteiger partial charge is 0.251 e. The minimum Gasteiger partial charge on any atom is -0.350 e. The highest BCUT2D eigenvalue weighted by molar-refractivity contribution is 5.94. The molecule has 3 nitrogen and oxygen atoms in total. The standard InChI is InChI=1S/C11H16N2O/c1-8-3-5-10(6-4-8)11(14)13-7-9(2)12/h3-6,9H,7,12H2,1-2H3,(H,13,14)/t9-/m0/s1. The van der Waals surface area contributed by atoms with Crippen molar-refractivity contribution >= 4 is 5.91 Å². The monoisotopic (exact) mass is 192 g/mol. The van der Waals surface area contributed by atoms with E-state index < -0.39 is 0 Å². The Balaban J connectivity index is 2.57. The molecule has 14 heavy (non-hydrogen) atoms. The summed E-state index contributed by atoms with van der Waals surface area (Å²) in [4.78, 5) is 11.5. The second kappa shape index (κ2) is 4.77. The van der Waals surface area contributed by atoms with E-state index in [0.717, 1.165) is 5.56 Å². The van der Waals surface area contributed by atoms with E-state index in [1.54, 1.807) is 0 Å². The summed E-state index contributed by atoms with van der Waals surface area (Å²) in [5.74, 6) is -0.0673. The molecule has 0 aliphatic carbocycles. The fraction of sp³-hybridized carbons (Fsp3) is 0.364. The quantitative estimate of drug-likeness (QED) is 0.752. The van der Waals surface area contributed by atoms with Gasteiger partial charge in [0.1, 0.15) is 0 Å². The first-order valence-electron chi connectivity index (χ1n) is 4.70. The number of carbonyl (C=O) groups excluding carboxylic acids is 1. The molecule has 0 aliphatic rings. The average molecular weight is 192 g/mol. The minimum absolute atomic E-state index is 0.00982. The van der Waals surface area contributed by atoms with E-state index in [4.69, 9.17) is 5.73 Å². The predicted molar refractivity (Wildman–Crippen MR) is 57.2 cm³/mol. The van der Waals surface area contributed by atoms with Crippen LogP contribution < -0.4 is 11.1 Å². The van der Waals surface area contributed by atoms with Gasteiger partial charge in [0.2, 0.25) is 0 Å². The number of hydrogen-bond acceptors (Lipinski definition) is 2. The molecular weight excluding hydrogens is 176 g/mol. The Morgan fingerprint density at radius 1 is 1.43 bits per heavy atom. The molecule has 1 atom stereocenters. The summed E-state index contributed by atoms with van der Waals surface area (Å²) in [7, 11) is 0. The van der Waals surface area contributed by atoms with Crippen LogP contribution in [0, 0.1) is 6.92 Å². The van der Waals surface area contributed by atoms with Gasteiger partial charge in [0, 0.05) is 18.2 Å². The number of nitrogens with two attached hydrogens (primary N) is 1. The van der Waals surface area contributed by atoms with Crippen LogP contribution in [0.2, 0.25) is 0 Å². The van der Waals surface area contributed by atoms with Crippen molar-refractivity contribution in [2.45, 2.75) is 19.9 Å². The molecule has 0 aliphatic heterocycles. The Bertz CT molecular complexity index is 304. The van der Waals surface area contributed by atoms with Crippen LogP contribution in [0.25, 0.3) is 0 Å². The Morgan fingerprint density at radius 3 is 2.50 bits per heavy atom. The molecule has 0 unspecified atom stereocenters. The van der Waals surface area contributed by atoms with Crippen molar-refractivity contribution in [2.75, 3.05) is 6.54 Å². The molecule has 0 bridgehead atoms. The first-order chi connectivity index (χ1) is 6.59. The largest absolute Gasteiger partial charge is 0.350 e. The Labute approximate surface area is 84.3 Å². The summed E-state index contributed by atoms with van der Waals surface area (Å²) < 4.78 is 0. The van der Waals surface area contributed by atoms with Gasteiger partial charge in [0.05, 0.1) is 0 Å². The van der Waals surface area contributed by atoms with E-state index in [9.17, 15) is 4.79 Å². The topological polar surface area (TPSA) is 55.1 Å². The zero-order valence-electron chi connectivity index (χ0n) is 8.58. The van der Waals surface area contributed by atoms with Crippen LogP contribution in [0.1, 0.15) is 22.8 Å². The summed E-state index contributed by atoms with van der Waals surface area (Å²) in [6.45, 7) is 4.35. The highest BCUT2D eigenvalue weighted by Crippen LogP contribution is 2.02. The number of amides is 1. The average Bonchev–Trinajstić information content (AvgIpc) is 2.15. The summed E-state index contributed by atoms with van der Waals surface area (Å²) in [5, 5.41) is 2.75. The van der Waals surface area contributed by atoms with Crippen molar-refractivity contribution in [2.24, 2.45) is 5.73 Å². The predicted octanol–water partition coefficient (Wildman–Crippen LogP) is 1.07. The van der Waals surface area contributed by atoms with E-state index in [-0.39, 0.29) is 11.9 Å². The maximum absolute atomic E-state index is 11.5. The first-order valence-corrected chi connectivity index (χ1v) is 4.70. The summed E-state index contributed by atoms with van der Waals surface area (Å²) in [6.07, 6.45) is 0. The highest BCUT2D eigenvalue weighted by Gasteiger charge is 2.04. The van der Waals surface area contributed by atoms with E-state index in [0.29, 0.717) is 12.1 Å². The summed E-state index contributed by atoms with van der Waals surface area (Å²) in [6, 6.07) is 7.45. The molecule has 0 radical (unpaired) electrons. The maximum atomic E-state index is 11.5. The Kier molecular flexibility index (Phi) is 3.65. The van der Waals surface area contributed by atoms with Crippen LogP contribution in [0.4, 0.5) is 0 Å². The molecule has 0 saturated heterocycles. The van der Waals surface area contributed by atoms with Crippen molar-refractivity contribution in [3.8, 4) is 0 Å². The fourth-order valence-corrected chi connectivity index (χ4v) is 1.06. The van der Waals surface area contributed by atoms with Gasteiger partial charge in [-0.3, -0.25) is 4.79 Å². The number of nitrogens with one attached hydrogen (secondary N) is 1. The van der Waals surface area contributed by atoms with Crippen LogP contribution in [-0.2, 0) is 0 Å². The molecule has 1 aromatic carbocycles. The van der Waals surface area contributed by atoms with Gasteiger partial charge in [-0.25, -0.2) is 0 Å². The lowest BCUT2D eigenvalue weighted by Gasteiger charge is -2.07. The third-order valence-corrected chi connectivity index (χ3v) is 1.90. The minimum atomic E-state index is -0.0673. The third-order valence-electron chi connectivity index (χ3n) is 1.90. The van der Waals surface area contributed by atoms with Gasteiger partial charge in [0.15, 0.2) is 0 Å². The summed E-state index contributed by atoms with van der Waals surface area (Å²) in [5.41, 5.74) is 7.35. The first kappa shape index (κ1) is 10.7. The molecule has 3 N–H and O–H groups in total. The fourth-order valence-electron chi connectivity index (χ4n) is 1.06. The SMILES string of the molecule is Cc1ccc(C(=O)NC[C@H](C)N)cc1. The summed E-state index contributed by atoms with van der Waals surface area (Å²) >= 11 is 0. The second-order valence-electron chi connectivity index (χ2n) is 3.55. The van der Waals surface area contributed by atoms with Crippen molar-refractivity contribution in [1.82, 2.24) is 5.32 Å². The molecule has 0 aromatic heterocycles.